The lowest BCUT2D eigenvalue weighted by Gasteiger charge is -2.33. The number of hydrogen-bond acceptors (Lipinski definition) is 6. The van der Waals surface area contributed by atoms with E-state index in [9.17, 15) is 13.2 Å². The van der Waals surface area contributed by atoms with Gasteiger partial charge in [0.1, 0.15) is 5.75 Å². The molecule has 2 aromatic rings. The van der Waals surface area contributed by atoms with Gasteiger partial charge < -0.3 is 10.1 Å². The molecule has 0 unspecified atom stereocenters. The van der Waals surface area contributed by atoms with Gasteiger partial charge in [0.05, 0.1) is 24.2 Å². The predicted molar refractivity (Wildman–Crippen MR) is 111 cm³/mol. The lowest BCUT2D eigenvalue weighted by Crippen LogP contribution is -2.39. The molecule has 0 spiro atoms. The van der Waals surface area contributed by atoms with Gasteiger partial charge in [-0.2, -0.15) is 0 Å². The minimum Gasteiger partial charge on any atom is -0.495 e. The molecule has 1 N–H and O–H groups in total. The monoisotopic (exact) mass is 423 g/mol. The lowest BCUT2D eigenvalue weighted by molar-refractivity contribution is -0.117. The van der Waals surface area contributed by atoms with Crippen molar-refractivity contribution >= 4 is 33.0 Å². The third-order valence-corrected chi connectivity index (χ3v) is 7.78. The Morgan fingerprint density at radius 2 is 2.11 bits per heavy atom. The van der Waals surface area contributed by atoms with Crippen molar-refractivity contribution in [3.63, 3.8) is 0 Å². The minimum atomic E-state index is -3.61. The van der Waals surface area contributed by atoms with Crippen molar-refractivity contribution in [1.29, 1.82) is 0 Å². The third kappa shape index (κ3) is 4.07. The molecule has 9 heteroatoms. The lowest BCUT2D eigenvalue weighted by atomic mass is 10.0. The molecule has 1 aromatic heterocycles. The van der Waals surface area contributed by atoms with E-state index in [2.05, 4.69) is 28.6 Å². The first-order valence-corrected chi connectivity index (χ1v) is 11.3. The number of carbonyl (C=O) groups excluding carboxylic acids is 1. The van der Waals surface area contributed by atoms with Crippen molar-refractivity contribution in [3.8, 4) is 5.75 Å². The van der Waals surface area contributed by atoms with Crippen LogP contribution in [0.3, 0.4) is 0 Å². The first-order chi connectivity index (χ1) is 13.2. The summed E-state index contributed by atoms with van der Waals surface area (Å²) in [6.07, 6.45) is 0.935. The van der Waals surface area contributed by atoms with Crippen molar-refractivity contribution < 1.29 is 17.9 Å². The summed E-state index contributed by atoms with van der Waals surface area (Å²) in [6, 6.07) is 6.74. The molecule has 0 saturated heterocycles. The van der Waals surface area contributed by atoms with Crippen LogP contribution < -0.4 is 10.1 Å². The van der Waals surface area contributed by atoms with Gasteiger partial charge in [0.15, 0.2) is 0 Å². The molecular formula is C19H25N3O4S2. The number of benzene rings is 1. The van der Waals surface area contributed by atoms with Gasteiger partial charge in [-0.25, -0.2) is 12.7 Å². The predicted octanol–water partition coefficient (Wildman–Crippen LogP) is 2.56. The maximum Gasteiger partial charge on any atom is 0.242 e. The Bertz CT molecular complexity index is 969. The number of rotatable bonds is 6. The van der Waals surface area contributed by atoms with Crippen molar-refractivity contribution in [1.82, 2.24) is 9.21 Å². The molecule has 1 aromatic carbocycles. The quantitative estimate of drug-likeness (QED) is 0.773. The zero-order chi connectivity index (χ0) is 20.5. The molecule has 0 fully saturated rings. The van der Waals surface area contributed by atoms with Crippen LogP contribution in [-0.4, -0.2) is 57.8 Å². The maximum atomic E-state index is 12.7. The van der Waals surface area contributed by atoms with Crippen LogP contribution >= 0.6 is 11.3 Å². The number of thiophene rings is 1. The van der Waals surface area contributed by atoms with Crippen LogP contribution in [0.5, 0.6) is 5.75 Å². The van der Waals surface area contributed by atoms with Gasteiger partial charge in [-0.15, -0.1) is 11.3 Å². The SMILES string of the molecule is COc1ccc(S(=O)(=O)N(C)C)cc1NC(=O)CN1CCc2sccc2[C@H]1C. The fourth-order valence-electron chi connectivity index (χ4n) is 3.31. The Morgan fingerprint density at radius 3 is 2.79 bits per heavy atom. The summed E-state index contributed by atoms with van der Waals surface area (Å²) in [7, 11) is 0.809. The fraction of sp³-hybridized carbons (Fsp3) is 0.421. The van der Waals surface area contributed by atoms with Crippen LogP contribution in [0.1, 0.15) is 23.4 Å². The molecule has 1 aliphatic heterocycles. The van der Waals surface area contributed by atoms with Crippen LogP contribution in [-0.2, 0) is 21.2 Å². The number of ether oxygens (including phenoxy) is 1. The standard InChI is InChI=1S/C19H25N3O4S2/c1-13-15-8-10-27-18(15)7-9-22(13)12-19(23)20-16-11-14(5-6-17(16)26-4)28(24,25)21(2)3/h5-6,8,10-11,13H,7,9,12H2,1-4H3,(H,20,23)/t13-/m1/s1. The van der Waals surface area contributed by atoms with Crippen molar-refractivity contribution in [2.24, 2.45) is 0 Å². The van der Waals surface area contributed by atoms with E-state index in [4.69, 9.17) is 4.74 Å². The summed E-state index contributed by atoms with van der Waals surface area (Å²) in [5.74, 6) is 0.209. The molecule has 0 saturated carbocycles. The Morgan fingerprint density at radius 1 is 1.36 bits per heavy atom. The summed E-state index contributed by atoms with van der Waals surface area (Å²) in [5, 5.41) is 4.90. The fourth-order valence-corrected chi connectivity index (χ4v) is 5.20. The largest absolute Gasteiger partial charge is 0.495 e. The van der Waals surface area contributed by atoms with Gasteiger partial charge >= 0.3 is 0 Å². The number of nitrogens with zero attached hydrogens (tertiary/aromatic N) is 2. The smallest absolute Gasteiger partial charge is 0.242 e. The van der Waals surface area contributed by atoms with Crippen LogP contribution in [0.25, 0.3) is 0 Å². The van der Waals surface area contributed by atoms with Crippen molar-refractivity contribution in [3.05, 3.63) is 40.1 Å². The van der Waals surface area contributed by atoms with Crippen molar-refractivity contribution in [2.75, 3.05) is 39.6 Å². The normalized spacial score (nSPS) is 17.4. The van der Waals surface area contributed by atoms with Crippen molar-refractivity contribution in [2.45, 2.75) is 24.3 Å². The van der Waals surface area contributed by atoms with Crippen LogP contribution in [0, 0.1) is 0 Å². The first kappa shape index (κ1) is 20.8. The van der Waals surface area contributed by atoms with E-state index in [1.807, 2.05) is 0 Å². The van der Waals surface area contributed by atoms with E-state index in [1.165, 1.54) is 43.8 Å². The van der Waals surface area contributed by atoms with E-state index in [-0.39, 0.29) is 23.4 Å². The second-order valence-electron chi connectivity index (χ2n) is 6.89. The Kier molecular flexibility index (Phi) is 6.09. The summed E-state index contributed by atoms with van der Waals surface area (Å²) in [4.78, 5) is 16.3. The van der Waals surface area contributed by atoms with Gasteiger partial charge in [-0.3, -0.25) is 9.69 Å². The van der Waals surface area contributed by atoms with E-state index in [0.717, 1.165) is 17.3 Å². The zero-order valence-electron chi connectivity index (χ0n) is 16.4. The number of methoxy groups -OCH3 is 1. The van der Waals surface area contributed by atoms with E-state index >= 15 is 0 Å². The van der Waals surface area contributed by atoms with Gasteiger partial charge in [0.25, 0.3) is 0 Å². The zero-order valence-corrected chi connectivity index (χ0v) is 18.1. The number of amides is 1. The van der Waals surface area contributed by atoms with Gasteiger partial charge in [0, 0.05) is 31.6 Å². The van der Waals surface area contributed by atoms with Gasteiger partial charge in [-0.05, 0) is 48.6 Å². The van der Waals surface area contributed by atoms with Crippen LogP contribution in [0.2, 0.25) is 0 Å². The van der Waals surface area contributed by atoms with E-state index in [1.54, 1.807) is 17.4 Å². The highest BCUT2D eigenvalue weighted by molar-refractivity contribution is 7.89. The van der Waals surface area contributed by atoms with Gasteiger partial charge in [-0.1, -0.05) is 0 Å². The van der Waals surface area contributed by atoms with Crippen LogP contribution in [0.4, 0.5) is 5.69 Å². The molecule has 152 valence electrons. The highest BCUT2D eigenvalue weighted by atomic mass is 32.2. The number of fused-ring (bicyclic) bond motifs is 1. The molecule has 1 amide bonds. The van der Waals surface area contributed by atoms with E-state index < -0.39 is 10.0 Å². The summed E-state index contributed by atoms with van der Waals surface area (Å²) >= 11 is 1.76. The number of nitrogens with one attached hydrogen (secondary N) is 1. The van der Waals surface area contributed by atoms with Crippen LogP contribution in [0.15, 0.2) is 34.5 Å². The number of carbonyl (C=O) groups is 1. The molecular weight excluding hydrogens is 398 g/mol. The average molecular weight is 424 g/mol. The molecule has 0 radical (unpaired) electrons. The maximum absolute atomic E-state index is 12.7. The average Bonchev–Trinajstić information content (AvgIpc) is 3.13. The molecule has 28 heavy (non-hydrogen) atoms. The number of anilines is 1. The Labute approximate surface area is 170 Å². The Balaban J connectivity index is 1.77. The minimum absolute atomic E-state index is 0.0999. The first-order valence-electron chi connectivity index (χ1n) is 8.94. The number of sulfonamides is 1. The third-order valence-electron chi connectivity index (χ3n) is 4.97. The highest BCUT2D eigenvalue weighted by Gasteiger charge is 2.26. The molecule has 2 heterocycles. The molecule has 7 nitrogen and oxygen atoms in total. The second kappa shape index (κ2) is 8.20. The van der Waals surface area contributed by atoms with E-state index in [0.29, 0.717) is 11.4 Å². The summed E-state index contributed by atoms with van der Waals surface area (Å²) in [5.41, 5.74) is 1.62. The molecule has 3 rings (SSSR count). The van der Waals surface area contributed by atoms with Gasteiger partial charge in [0.2, 0.25) is 15.9 Å². The topological polar surface area (TPSA) is 79.0 Å². The highest BCUT2D eigenvalue weighted by Crippen LogP contribution is 2.33. The Hall–Kier alpha value is -1.94. The second-order valence-corrected chi connectivity index (χ2v) is 10.0. The molecule has 1 aliphatic rings. The molecule has 0 bridgehead atoms. The molecule has 1 atom stereocenters. The molecule has 0 aliphatic carbocycles. The summed E-state index contributed by atoms with van der Waals surface area (Å²) < 4.78 is 31.2. The summed E-state index contributed by atoms with van der Waals surface area (Å²) in [6.45, 7) is 3.14. The number of hydrogen-bond donors (Lipinski definition) is 1.